The number of benzene rings is 7. The van der Waals surface area contributed by atoms with Gasteiger partial charge in [-0.05, 0) is 60.2 Å². The van der Waals surface area contributed by atoms with Crippen LogP contribution >= 0.6 is 0 Å². The molecule has 0 amide bonds. The topological polar surface area (TPSA) is 118 Å². The molecule has 7 aromatic carbocycles. The average molecular weight is 675 g/mol. The van der Waals surface area contributed by atoms with Crippen molar-refractivity contribution in [3.63, 3.8) is 0 Å². The zero-order valence-corrected chi connectivity index (χ0v) is 27.8. The summed E-state index contributed by atoms with van der Waals surface area (Å²) in [5.74, 6) is 0. The van der Waals surface area contributed by atoms with Crippen molar-refractivity contribution in [2.24, 2.45) is 0 Å². The van der Waals surface area contributed by atoms with Crippen LogP contribution in [0.25, 0.3) is 88.1 Å². The lowest BCUT2D eigenvalue weighted by atomic mass is 9.93. The fourth-order valence-electron chi connectivity index (χ4n) is 8.02. The van der Waals surface area contributed by atoms with E-state index < -0.39 is 0 Å². The number of nitriles is 4. The largest absolute Gasteiger partial charge is 0.454 e. The summed E-state index contributed by atoms with van der Waals surface area (Å²) in [7, 11) is 0. The van der Waals surface area contributed by atoms with Crippen LogP contribution < -0.4 is 0 Å². The van der Waals surface area contributed by atoms with Gasteiger partial charge in [0.1, 0.15) is 23.8 Å². The van der Waals surface area contributed by atoms with Gasteiger partial charge in [0.2, 0.25) is 0 Å². The molecule has 0 radical (unpaired) electrons. The number of furan rings is 1. The van der Waals surface area contributed by atoms with E-state index >= 15 is 0 Å². The van der Waals surface area contributed by atoms with Crippen molar-refractivity contribution in [1.82, 2.24) is 9.13 Å². The highest BCUT2D eigenvalue weighted by atomic mass is 16.3. The van der Waals surface area contributed by atoms with Gasteiger partial charge in [0.15, 0.2) is 5.58 Å². The molecule has 7 heteroatoms. The van der Waals surface area contributed by atoms with Crippen LogP contribution in [0.2, 0.25) is 0 Å². The molecule has 0 aliphatic carbocycles. The van der Waals surface area contributed by atoms with Gasteiger partial charge >= 0.3 is 0 Å². The summed E-state index contributed by atoms with van der Waals surface area (Å²) in [6.45, 7) is 0. The van der Waals surface area contributed by atoms with E-state index in [-0.39, 0.29) is 16.7 Å². The maximum Gasteiger partial charge on any atom is 0.160 e. The van der Waals surface area contributed by atoms with E-state index in [2.05, 4.69) is 53.1 Å². The molecule has 0 fully saturated rings. The number of aromatic nitrogens is 2. The van der Waals surface area contributed by atoms with Crippen LogP contribution in [-0.2, 0) is 0 Å². The van der Waals surface area contributed by atoms with Crippen LogP contribution in [0, 0.1) is 45.3 Å². The van der Waals surface area contributed by atoms with Crippen LogP contribution in [0.1, 0.15) is 22.3 Å². The lowest BCUT2D eigenvalue weighted by Gasteiger charge is -2.17. The second-order valence-corrected chi connectivity index (χ2v) is 12.9. The molecule has 0 N–H and O–H groups in total. The second-order valence-electron chi connectivity index (χ2n) is 12.9. The first-order chi connectivity index (χ1) is 26.1. The zero-order chi connectivity index (χ0) is 35.8. The van der Waals surface area contributed by atoms with Crippen LogP contribution in [0.5, 0.6) is 0 Å². The van der Waals surface area contributed by atoms with E-state index in [1.54, 1.807) is 12.1 Å². The minimum absolute atomic E-state index is 0.161. The van der Waals surface area contributed by atoms with Gasteiger partial charge < -0.3 is 13.6 Å². The summed E-state index contributed by atoms with van der Waals surface area (Å²) in [5, 5.41) is 48.0. The van der Waals surface area contributed by atoms with E-state index in [1.165, 1.54) is 0 Å². The molecule has 3 aromatic heterocycles. The van der Waals surface area contributed by atoms with Crippen LogP contribution in [0.4, 0.5) is 0 Å². The van der Waals surface area contributed by atoms with Gasteiger partial charge in [-0.2, -0.15) is 21.0 Å². The van der Waals surface area contributed by atoms with E-state index in [9.17, 15) is 21.0 Å². The van der Waals surface area contributed by atoms with E-state index in [4.69, 9.17) is 4.42 Å². The Hall–Kier alpha value is -8.10. The summed E-state index contributed by atoms with van der Waals surface area (Å²) in [4.78, 5) is 0. The second kappa shape index (κ2) is 11.2. The summed E-state index contributed by atoms with van der Waals surface area (Å²) in [6, 6.07) is 52.2. The van der Waals surface area contributed by atoms with Crippen molar-refractivity contribution in [3.05, 3.63) is 156 Å². The Bertz CT molecular complexity index is 3350. The maximum atomic E-state index is 10.7. The third kappa shape index (κ3) is 4.11. The first-order valence-electron chi connectivity index (χ1n) is 16.9. The molecule has 10 rings (SSSR count). The third-order valence-corrected chi connectivity index (χ3v) is 10.3. The van der Waals surface area contributed by atoms with Gasteiger partial charge in [-0.15, -0.1) is 0 Å². The number of nitrogens with zero attached hydrogens (tertiary/aromatic N) is 6. The Morgan fingerprint density at radius 3 is 1.64 bits per heavy atom. The lowest BCUT2D eigenvalue weighted by molar-refractivity contribution is 0.671. The predicted molar refractivity (Wildman–Crippen MR) is 207 cm³/mol. The molecule has 0 saturated carbocycles. The highest BCUT2D eigenvalue weighted by molar-refractivity contribution is 6.21. The third-order valence-electron chi connectivity index (χ3n) is 10.3. The van der Waals surface area contributed by atoms with Crippen molar-refractivity contribution < 1.29 is 4.42 Å². The summed E-state index contributed by atoms with van der Waals surface area (Å²) in [6.07, 6.45) is 0. The molecule has 3 heterocycles. The number of fused-ring (bicyclic) bond motifs is 10. The molecule has 10 aromatic rings. The van der Waals surface area contributed by atoms with E-state index in [1.807, 2.05) is 102 Å². The van der Waals surface area contributed by atoms with Gasteiger partial charge in [-0.25, -0.2) is 0 Å². The molecule has 7 nitrogen and oxygen atoms in total. The highest BCUT2D eigenvalue weighted by Gasteiger charge is 2.24. The van der Waals surface area contributed by atoms with Gasteiger partial charge in [0.25, 0.3) is 0 Å². The fraction of sp³-hybridized carbons (Fsp3) is 0. The SMILES string of the molecule is N#Cc1cc(C#N)c(-n2c3ccccc3c3ccccc32)cc1-c1cc(C#N)c(C#N)c(-n2c3ccccc3c3ccc4c5ccccc5oc4c32)c1. The number of para-hydroxylation sites is 4. The Labute approximate surface area is 301 Å². The molecule has 53 heavy (non-hydrogen) atoms. The quantitative estimate of drug-likeness (QED) is 0.185. The molecule has 0 aliphatic rings. The first-order valence-corrected chi connectivity index (χ1v) is 16.9. The zero-order valence-electron chi connectivity index (χ0n) is 27.8. The fourth-order valence-corrected chi connectivity index (χ4v) is 8.02. The Morgan fingerprint density at radius 2 is 1.00 bits per heavy atom. The van der Waals surface area contributed by atoms with E-state index in [0.717, 1.165) is 60.0 Å². The molecule has 0 atom stereocenters. The minimum Gasteiger partial charge on any atom is -0.454 e. The Morgan fingerprint density at radius 1 is 0.434 bits per heavy atom. The number of hydrogen-bond acceptors (Lipinski definition) is 5. The Kier molecular flexibility index (Phi) is 6.30. The number of hydrogen-bond donors (Lipinski definition) is 0. The van der Waals surface area contributed by atoms with Gasteiger partial charge in [0.05, 0.1) is 61.8 Å². The molecular weight excluding hydrogens is 653 g/mol. The van der Waals surface area contributed by atoms with Crippen molar-refractivity contribution in [3.8, 4) is 46.8 Å². The van der Waals surface area contributed by atoms with Gasteiger partial charge in [-0.3, -0.25) is 0 Å². The Balaban J connectivity index is 1.32. The average Bonchev–Trinajstić information content (AvgIpc) is 3.87. The molecule has 0 unspecified atom stereocenters. The van der Waals surface area contributed by atoms with Gasteiger partial charge in [-0.1, -0.05) is 78.9 Å². The van der Waals surface area contributed by atoms with Crippen LogP contribution in [0.3, 0.4) is 0 Å². The lowest BCUT2D eigenvalue weighted by Crippen LogP contribution is -2.03. The van der Waals surface area contributed by atoms with E-state index in [0.29, 0.717) is 33.6 Å². The van der Waals surface area contributed by atoms with Crippen molar-refractivity contribution >= 4 is 65.6 Å². The smallest absolute Gasteiger partial charge is 0.160 e. The molecular formula is C46H22N6O. The van der Waals surface area contributed by atoms with Crippen LogP contribution in [0.15, 0.2) is 138 Å². The summed E-state index contributed by atoms with van der Waals surface area (Å²) in [5.41, 5.74) is 7.97. The molecule has 0 aliphatic heterocycles. The van der Waals surface area contributed by atoms with Crippen molar-refractivity contribution in [2.75, 3.05) is 0 Å². The normalized spacial score (nSPS) is 11.3. The summed E-state index contributed by atoms with van der Waals surface area (Å²) >= 11 is 0. The summed E-state index contributed by atoms with van der Waals surface area (Å²) < 4.78 is 10.6. The molecule has 242 valence electrons. The molecule has 0 spiro atoms. The standard InChI is InChI=1S/C46H22N6O/c47-23-28-20-30(25-49)42(51-39-13-5-1-9-31(39)32-10-2-6-14-40(32)51)22-37(28)27-19-29(24-48)38(26-50)43(21-27)52-41-15-7-3-11-33(41)35-17-18-36-34-12-4-8-16-44(34)53-46(36)45(35)52/h1-22H. The van der Waals surface area contributed by atoms with Crippen LogP contribution in [-0.4, -0.2) is 9.13 Å². The van der Waals surface area contributed by atoms with Crippen molar-refractivity contribution in [2.45, 2.75) is 0 Å². The maximum absolute atomic E-state index is 10.7. The predicted octanol–water partition coefficient (Wildman–Crippen LogP) is 10.9. The number of rotatable bonds is 3. The van der Waals surface area contributed by atoms with Crippen molar-refractivity contribution in [1.29, 1.82) is 21.0 Å². The molecule has 0 saturated heterocycles. The first kappa shape index (κ1) is 29.8. The monoisotopic (exact) mass is 674 g/mol. The molecule has 0 bridgehead atoms. The van der Waals surface area contributed by atoms with Gasteiger partial charge in [0, 0.05) is 37.9 Å². The minimum atomic E-state index is 0.161. The highest BCUT2D eigenvalue weighted by Crippen LogP contribution is 2.43.